The van der Waals surface area contributed by atoms with Crippen LogP contribution in [0.3, 0.4) is 0 Å². The monoisotopic (exact) mass is 443 g/mol. The molecule has 0 spiro atoms. The van der Waals surface area contributed by atoms with Crippen LogP contribution in [0.25, 0.3) is 21.5 Å². The molecule has 33 heavy (non-hydrogen) atoms. The van der Waals surface area contributed by atoms with E-state index in [2.05, 4.69) is 59.5 Å². The smallest absolute Gasteiger partial charge is 0.305 e. The van der Waals surface area contributed by atoms with Crippen LogP contribution in [0.5, 0.6) is 0 Å². The molecular weight excluding hydrogens is 413 g/mol. The van der Waals surface area contributed by atoms with Crippen LogP contribution in [0.1, 0.15) is 36.8 Å². The van der Waals surface area contributed by atoms with E-state index in [1.54, 1.807) is 0 Å². The highest BCUT2D eigenvalue weighted by Gasteiger charge is 2.12. The lowest BCUT2D eigenvalue weighted by molar-refractivity contribution is -0.140. The number of ether oxygens (including phenoxy) is 1. The Hall–Kier alpha value is -3.24. The zero-order chi connectivity index (χ0) is 23.0. The normalized spacial score (nSPS) is 11.4. The summed E-state index contributed by atoms with van der Waals surface area (Å²) in [5, 5.41) is 5.05. The molecule has 3 nitrogen and oxygen atoms in total. The Kier molecular flexibility index (Phi) is 7.69. The van der Waals surface area contributed by atoms with E-state index in [4.69, 9.17) is 4.74 Å². The number of benzene rings is 4. The van der Waals surface area contributed by atoms with Gasteiger partial charge in [-0.25, -0.2) is 4.39 Å². The van der Waals surface area contributed by atoms with Crippen LogP contribution in [0.4, 0.5) is 4.39 Å². The van der Waals surface area contributed by atoms with Crippen LogP contribution in [0.15, 0.2) is 78.9 Å². The van der Waals surface area contributed by atoms with E-state index in [-0.39, 0.29) is 11.8 Å². The van der Waals surface area contributed by atoms with E-state index in [1.165, 1.54) is 46.4 Å². The maximum atomic E-state index is 13.4. The molecule has 0 aliphatic carbocycles. The molecule has 0 bridgehead atoms. The topological polar surface area (TPSA) is 29.5 Å². The van der Waals surface area contributed by atoms with Crippen molar-refractivity contribution >= 4 is 27.5 Å². The molecule has 0 aliphatic rings. The second-order valence-electron chi connectivity index (χ2n) is 8.53. The zero-order valence-electron chi connectivity index (χ0n) is 19.1. The predicted molar refractivity (Wildman–Crippen MR) is 132 cm³/mol. The molecule has 4 rings (SSSR count). The molecule has 0 N–H and O–H groups in total. The lowest BCUT2D eigenvalue weighted by Gasteiger charge is -2.24. The van der Waals surface area contributed by atoms with Gasteiger partial charge in [-0.15, -0.1) is 0 Å². The SMILES string of the molecule is COC(=O)CCCCCN(Cc1ccc(F)cc1)Cc1cc2ccccc2c2ccccc12. The summed E-state index contributed by atoms with van der Waals surface area (Å²) < 4.78 is 18.2. The Labute approximate surface area is 194 Å². The van der Waals surface area contributed by atoms with E-state index >= 15 is 0 Å². The molecule has 170 valence electrons. The number of rotatable bonds is 10. The molecule has 0 saturated heterocycles. The Balaban J connectivity index is 1.56. The Bertz CT molecular complexity index is 1220. The largest absolute Gasteiger partial charge is 0.469 e. The second-order valence-corrected chi connectivity index (χ2v) is 8.53. The molecule has 0 radical (unpaired) electrons. The zero-order valence-corrected chi connectivity index (χ0v) is 19.1. The summed E-state index contributed by atoms with van der Waals surface area (Å²) in [6.45, 7) is 2.46. The lowest BCUT2D eigenvalue weighted by atomic mass is 9.97. The standard InChI is InChI=1S/C29H30FNO2/c1-33-29(32)13-3-2-8-18-31(20-22-14-16-25(30)17-15-22)21-24-19-23-9-4-5-10-26(23)28-12-7-6-11-27(24)28/h4-7,9-12,14-17,19H,2-3,8,13,18,20-21H2,1H3. The van der Waals surface area contributed by atoms with Crippen molar-refractivity contribution in [3.8, 4) is 0 Å². The molecule has 0 aliphatic heterocycles. The van der Waals surface area contributed by atoms with Crippen LogP contribution in [-0.4, -0.2) is 24.5 Å². The second kappa shape index (κ2) is 11.1. The highest BCUT2D eigenvalue weighted by Crippen LogP contribution is 2.30. The summed E-state index contributed by atoms with van der Waals surface area (Å²) in [6, 6.07) is 26.2. The van der Waals surface area contributed by atoms with Crippen molar-refractivity contribution in [3.63, 3.8) is 0 Å². The number of carbonyl (C=O) groups is 1. The number of nitrogens with zero attached hydrogens (tertiary/aromatic N) is 1. The van der Waals surface area contributed by atoms with Crippen molar-refractivity contribution in [2.45, 2.75) is 38.8 Å². The molecular formula is C29H30FNO2. The predicted octanol–water partition coefficient (Wildman–Crippen LogP) is 6.87. The summed E-state index contributed by atoms with van der Waals surface area (Å²) in [6.07, 6.45) is 3.25. The number of fused-ring (bicyclic) bond motifs is 3. The molecule has 0 saturated carbocycles. The van der Waals surface area contributed by atoms with Gasteiger partial charge >= 0.3 is 5.97 Å². The van der Waals surface area contributed by atoms with E-state index in [1.807, 2.05) is 12.1 Å². The number of esters is 1. The fraction of sp³-hybridized carbons (Fsp3) is 0.276. The summed E-state index contributed by atoms with van der Waals surface area (Å²) >= 11 is 0. The highest BCUT2D eigenvalue weighted by molar-refractivity contribution is 6.08. The molecule has 0 heterocycles. The molecule has 4 aromatic rings. The summed E-state index contributed by atoms with van der Waals surface area (Å²) in [4.78, 5) is 13.8. The van der Waals surface area contributed by atoms with Crippen LogP contribution >= 0.6 is 0 Å². The van der Waals surface area contributed by atoms with Crippen molar-refractivity contribution in [2.24, 2.45) is 0 Å². The van der Waals surface area contributed by atoms with Crippen molar-refractivity contribution in [3.05, 3.63) is 95.8 Å². The number of hydrogen-bond acceptors (Lipinski definition) is 3. The van der Waals surface area contributed by atoms with Gasteiger partial charge in [0.05, 0.1) is 7.11 Å². The molecule has 0 aromatic heterocycles. The van der Waals surface area contributed by atoms with Gasteiger partial charge in [-0.05, 0) is 70.3 Å². The molecule has 0 fully saturated rings. The maximum absolute atomic E-state index is 13.4. The highest BCUT2D eigenvalue weighted by atomic mass is 19.1. The molecule has 4 heteroatoms. The third-order valence-corrected chi connectivity index (χ3v) is 6.15. The van der Waals surface area contributed by atoms with Gasteiger partial charge in [0.25, 0.3) is 0 Å². The minimum Gasteiger partial charge on any atom is -0.469 e. The molecule has 0 unspecified atom stereocenters. The average Bonchev–Trinajstić information content (AvgIpc) is 2.85. The fourth-order valence-corrected chi connectivity index (χ4v) is 4.45. The molecule has 0 amide bonds. The average molecular weight is 444 g/mol. The first-order chi connectivity index (χ1) is 16.1. The van der Waals surface area contributed by atoms with Crippen LogP contribution < -0.4 is 0 Å². The van der Waals surface area contributed by atoms with Crippen molar-refractivity contribution in [1.29, 1.82) is 0 Å². The number of methoxy groups -OCH3 is 1. The minimum absolute atomic E-state index is 0.152. The fourth-order valence-electron chi connectivity index (χ4n) is 4.45. The van der Waals surface area contributed by atoms with Gasteiger partial charge in [0.1, 0.15) is 5.82 Å². The van der Waals surface area contributed by atoms with E-state index < -0.39 is 0 Å². The van der Waals surface area contributed by atoms with E-state index in [0.29, 0.717) is 6.42 Å². The van der Waals surface area contributed by atoms with Crippen molar-refractivity contribution in [1.82, 2.24) is 4.90 Å². The van der Waals surface area contributed by atoms with Gasteiger partial charge in [0.15, 0.2) is 0 Å². The van der Waals surface area contributed by atoms with Crippen LogP contribution in [0.2, 0.25) is 0 Å². The quantitative estimate of drug-likeness (QED) is 0.152. The van der Waals surface area contributed by atoms with Gasteiger partial charge in [0.2, 0.25) is 0 Å². The van der Waals surface area contributed by atoms with Gasteiger partial charge in [-0.1, -0.05) is 67.1 Å². The first-order valence-corrected chi connectivity index (χ1v) is 11.6. The Morgan fingerprint density at radius 2 is 1.52 bits per heavy atom. The first-order valence-electron chi connectivity index (χ1n) is 11.6. The van der Waals surface area contributed by atoms with Crippen LogP contribution in [0, 0.1) is 5.82 Å². The van der Waals surface area contributed by atoms with Gasteiger partial charge in [0, 0.05) is 19.5 Å². The van der Waals surface area contributed by atoms with E-state index in [0.717, 1.165) is 44.5 Å². The first kappa shape index (κ1) is 22.9. The molecule has 0 atom stereocenters. The summed E-state index contributed by atoms with van der Waals surface area (Å²) in [5.41, 5.74) is 2.39. The van der Waals surface area contributed by atoms with Crippen LogP contribution in [-0.2, 0) is 22.6 Å². The number of carbonyl (C=O) groups excluding carboxylic acids is 1. The lowest BCUT2D eigenvalue weighted by Crippen LogP contribution is -2.24. The Morgan fingerprint density at radius 1 is 0.818 bits per heavy atom. The Morgan fingerprint density at radius 3 is 2.27 bits per heavy atom. The van der Waals surface area contributed by atoms with Gasteiger partial charge in [-0.3, -0.25) is 9.69 Å². The van der Waals surface area contributed by atoms with Crippen molar-refractivity contribution in [2.75, 3.05) is 13.7 Å². The third kappa shape index (κ3) is 5.96. The van der Waals surface area contributed by atoms with Gasteiger partial charge in [-0.2, -0.15) is 0 Å². The molecule has 4 aromatic carbocycles. The minimum atomic E-state index is -0.214. The number of halogens is 1. The van der Waals surface area contributed by atoms with Gasteiger partial charge < -0.3 is 4.74 Å². The summed E-state index contributed by atoms with van der Waals surface area (Å²) in [7, 11) is 1.43. The maximum Gasteiger partial charge on any atom is 0.305 e. The summed E-state index contributed by atoms with van der Waals surface area (Å²) in [5.74, 6) is -0.366. The van der Waals surface area contributed by atoms with Crippen molar-refractivity contribution < 1.29 is 13.9 Å². The van der Waals surface area contributed by atoms with E-state index in [9.17, 15) is 9.18 Å². The number of hydrogen-bond donors (Lipinski definition) is 0. The third-order valence-electron chi connectivity index (χ3n) is 6.15. The number of unbranched alkanes of at least 4 members (excludes halogenated alkanes) is 2.